The first-order valence-corrected chi connectivity index (χ1v) is 4.56. The number of alkyl halides is 3. The van der Waals surface area contributed by atoms with Gasteiger partial charge in [0.1, 0.15) is 11.4 Å². The Kier molecular flexibility index (Phi) is 3.81. The van der Waals surface area contributed by atoms with Gasteiger partial charge in [-0.15, -0.1) is 11.6 Å². The molecule has 3 nitrogen and oxygen atoms in total. The Labute approximate surface area is 89.9 Å². The fourth-order valence-corrected chi connectivity index (χ4v) is 1.37. The minimum absolute atomic E-state index is 0.0150. The Balaban J connectivity index is 3.30. The smallest absolute Gasteiger partial charge is 0.284 e. The summed E-state index contributed by atoms with van der Waals surface area (Å²) in [7, 11) is 0. The molecule has 0 saturated carbocycles. The van der Waals surface area contributed by atoms with Crippen LogP contribution in [0.5, 0.6) is 5.75 Å². The second-order valence-electron chi connectivity index (χ2n) is 2.77. The molecule has 80 valence electrons. The first-order valence-electron chi connectivity index (χ1n) is 4.02. The highest BCUT2D eigenvalue weighted by molar-refractivity contribution is 6.17. The van der Waals surface area contributed by atoms with Crippen LogP contribution in [0.2, 0.25) is 0 Å². The van der Waals surface area contributed by atoms with Crippen LogP contribution in [0.3, 0.4) is 0 Å². The van der Waals surface area contributed by atoms with Gasteiger partial charge in [0.2, 0.25) is 0 Å². The van der Waals surface area contributed by atoms with Crippen LogP contribution in [0, 0.1) is 11.3 Å². The molecule has 0 atom stereocenters. The summed E-state index contributed by atoms with van der Waals surface area (Å²) in [6.45, 7) is 0. The second-order valence-corrected chi connectivity index (χ2v) is 3.03. The van der Waals surface area contributed by atoms with Gasteiger partial charge in [-0.25, -0.2) is 8.78 Å². The molecule has 6 heteroatoms. The molecular formula is C9H7ClF2N2O. The third-order valence-electron chi connectivity index (χ3n) is 1.88. The van der Waals surface area contributed by atoms with Gasteiger partial charge in [0.15, 0.2) is 0 Å². The van der Waals surface area contributed by atoms with Crippen molar-refractivity contribution in [2.45, 2.75) is 18.7 Å². The molecule has 0 aliphatic heterocycles. The molecule has 1 heterocycles. The van der Waals surface area contributed by atoms with Crippen molar-refractivity contribution in [3.8, 4) is 11.8 Å². The van der Waals surface area contributed by atoms with Gasteiger partial charge in [-0.1, -0.05) is 0 Å². The predicted molar refractivity (Wildman–Crippen MR) is 49.7 cm³/mol. The second kappa shape index (κ2) is 4.89. The zero-order valence-corrected chi connectivity index (χ0v) is 8.30. The van der Waals surface area contributed by atoms with Crippen molar-refractivity contribution in [3.05, 3.63) is 23.0 Å². The summed E-state index contributed by atoms with van der Waals surface area (Å²) in [5.74, 6) is -0.620. The van der Waals surface area contributed by atoms with Crippen molar-refractivity contribution >= 4 is 11.6 Å². The zero-order chi connectivity index (χ0) is 11.4. The van der Waals surface area contributed by atoms with E-state index in [1.54, 1.807) is 6.07 Å². The molecule has 0 aliphatic carbocycles. The highest BCUT2D eigenvalue weighted by Crippen LogP contribution is 2.31. The minimum atomic E-state index is -2.87. The number of pyridine rings is 1. The van der Waals surface area contributed by atoms with Gasteiger partial charge in [-0.3, -0.25) is 4.98 Å². The fraction of sp³-hybridized carbons (Fsp3) is 0.333. The molecule has 1 N–H and O–H groups in total. The first kappa shape index (κ1) is 11.7. The number of aromatic hydroxyl groups is 1. The van der Waals surface area contributed by atoms with Crippen molar-refractivity contribution < 1.29 is 13.9 Å². The lowest BCUT2D eigenvalue weighted by Crippen LogP contribution is -1.99. The van der Waals surface area contributed by atoms with Crippen molar-refractivity contribution in [2.24, 2.45) is 0 Å². The van der Waals surface area contributed by atoms with E-state index in [1.807, 2.05) is 0 Å². The normalized spacial score (nSPS) is 10.3. The number of rotatable bonds is 3. The minimum Gasteiger partial charge on any atom is -0.505 e. The van der Waals surface area contributed by atoms with Crippen LogP contribution in [0.25, 0.3) is 0 Å². The van der Waals surface area contributed by atoms with Gasteiger partial charge < -0.3 is 5.11 Å². The third kappa shape index (κ3) is 2.34. The number of hydrogen-bond donors (Lipinski definition) is 1. The van der Waals surface area contributed by atoms with E-state index in [2.05, 4.69) is 4.98 Å². The number of nitrogens with zero attached hydrogens (tertiary/aromatic N) is 2. The molecule has 0 saturated heterocycles. The molecule has 15 heavy (non-hydrogen) atoms. The van der Waals surface area contributed by atoms with Crippen LogP contribution in [0.4, 0.5) is 8.78 Å². The van der Waals surface area contributed by atoms with Crippen molar-refractivity contribution in [1.29, 1.82) is 5.26 Å². The van der Waals surface area contributed by atoms with E-state index >= 15 is 0 Å². The molecule has 1 aromatic rings. The Bertz CT molecular complexity index is 404. The Morgan fingerprint density at radius 1 is 1.60 bits per heavy atom. The summed E-state index contributed by atoms with van der Waals surface area (Å²) < 4.78 is 24.7. The molecule has 0 aromatic carbocycles. The summed E-state index contributed by atoms with van der Waals surface area (Å²) in [5, 5.41) is 17.9. The summed E-state index contributed by atoms with van der Waals surface area (Å²) in [6, 6.07) is 1.77. The van der Waals surface area contributed by atoms with Crippen molar-refractivity contribution in [1.82, 2.24) is 4.98 Å². The lowest BCUT2D eigenvalue weighted by Gasteiger charge is -2.09. The number of aromatic nitrogens is 1. The lowest BCUT2D eigenvalue weighted by atomic mass is 10.1. The lowest BCUT2D eigenvalue weighted by molar-refractivity contribution is 0.141. The maximum Gasteiger partial charge on any atom is 0.284 e. The number of nitriles is 1. The largest absolute Gasteiger partial charge is 0.505 e. The number of hydrogen-bond acceptors (Lipinski definition) is 3. The van der Waals surface area contributed by atoms with E-state index in [1.165, 1.54) is 0 Å². The van der Waals surface area contributed by atoms with Crippen molar-refractivity contribution in [3.63, 3.8) is 0 Å². The molecule has 0 bridgehead atoms. The van der Waals surface area contributed by atoms with Gasteiger partial charge in [0, 0.05) is 17.6 Å². The van der Waals surface area contributed by atoms with Gasteiger partial charge >= 0.3 is 0 Å². The van der Waals surface area contributed by atoms with E-state index in [0.29, 0.717) is 5.56 Å². The molecule has 0 radical (unpaired) electrons. The summed E-state index contributed by atoms with van der Waals surface area (Å²) >= 11 is 5.52. The van der Waals surface area contributed by atoms with Gasteiger partial charge in [-0.05, 0) is 5.56 Å². The van der Waals surface area contributed by atoms with Gasteiger partial charge in [0.25, 0.3) is 6.43 Å². The van der Waals surface area contributed by atoms with Gasteiger partial charge in [-0.2, -0.15) is 5.26 Å². The molecule has 0 aliphatic rings. The van der Waals surface area contributed by atoms with Crippen LogP contribution < -0.4 is 0 Å². The van der Waals surface area contributed by atoms with E-state index in [9.17, 15) is 13.9 Å². The molecule has 1 rings (SSSR count). The first-order chi connectivity index (χ1) is 7.11. The Morgan fingerprint density at radius 2 is 2.27 bits per heavy atom. The highest BCUT2D eigenvalue weighted by Gasteiger charge is 2.19. The molecule has 0 amide bonds. The topological polar surface area (TPSA) is 56.9 Å². The van der Waals surface area contributed by atoms with E-state index in [4.69, 9.17) is 16.9 Å². The summed E-state index contributed by atoms with van der Waals surface area (Å²) in [6.07, 6.45) is -1.89. The SMILES string of the molecule is N#CCc1c(CCl)cnc(C(F)F)c1O. The maximum absolute atomic E-state index is 12.3. The van der Waals surface area contributed by atoms with E-state index in [0.717, 1.165) is 6.20 Å². The van der Waals surface area contributed by atoms with Crippen molar-refractivity contribution in [2.75, 3.05) is 0 Å². The number of halogens is 3. The van der Waals surface area contributed by atoms with E-state index < -0.39 is 17.9 Å². The molecule has 1 aromatic heterocycles. The molecular weight excluding hydrogens is 226 g/mol. The maximum atomic E-state index is 12.3. The standard InChI is InChI=1S/C9H7ClF2N2O/c10-3-5-4-14-7(9(11)12)8(15)6(5)1-2-13/h4,9,15H,1,3H2. The van der Waals surface area contributed by atoms with Crippen LogP contribution in [-0.2, 0) is 12.3 Å². The molecule has 0 spiro atoms. The third-order valence-corrected chi connectivity index (χ3v) is 2.17. The average Bonchev–Trinajstić information content (AvgIpc) is 2.20. The summed E-state index contributed by atoms with van der Waals surface area (Å²) in [4.78, 5) is 3.40. The monoisotopic (exact) mass is 232 g/mol. The predicted octanol–water partition coefficient (Wildman–Crippen LogP) is 2.53. The Hall–Kier alpha value is -1.41. The molecule has 0 fully saturated rings. The van der Waals surface area contributed by atoms with Crippen LogP contribution in [0.1, 0.15) is 23.2 Å². The van der Waals surface area contributed by atoms with Gasteiger partial charge in [0.05, 0.1) is 12.5 Å². The summed E-state index contributed by atoms with van der Waals surface area (Å²) in [5.41, 5.74) is -0.202. The average molecular weight is 233 g/mol. The fourth-order valence-electron chi connectivity index (χ4n) is 1.14. The molecule has 0 unspecified atom stereocenters. The zero-order valence-electron chi connectivity index (χ0n) is 7.54. The van der Waals surface area contributed by atoms with E-state index in [-0.39, 0.29) is 17.9 Å². The Morgan fingerprint density at radius 3 is 2.73 bits per heavy atom. The van der Waals surface area contributed by atoms with Crippen LogP contribution >= 0.6 is 11.6 Å². The highest BCUT2D eigenvalue weighted by atomic mass is 35.5. The van der Waals surface area contributed by atoms with Crippen LogP contribution in [-0.4, -0.2) is 10.1 Å². The van der Waals surface area contributed by atoms with Crippen LogP contribution in [0.15, 0.2) is 6.20 Å². The quantitative estimate of drug-likeness (QED) is 0.815.